The molecule has 2 aromatic carbocycles. The van der Waals surface area contributed by atoms with Gasteiger partial charge in [0.15, 0.2) is 5.82 Å². The van der Waals surface area contributed by atoms with Crippen molar-refractivity contribution in [2.75, 3.05) is 0 Å². The summed E-state index contributed by atoms with van der Waals surface area (Å²) in [7, 11) is 0. The third kappa shape index (κ3) is 2.59. The summed E-state index contributed by atoms with van der Waals surface area (Å²) in [5.74, 6) is 0.765. The van der Waals surface area contributed by atoms with E-state index in [0.717, 1.165) is 22.5 Å². The van der Waals surface area contributed by atoms with Crippen LogP contribution in [0.2, 0.25) is 0 Å². The summed E-state index contributed by atoms with van der Waals surface area (Å²) in [6.45, 7) is 4.16. The Balaban J connectivity index is 1.91. The number of nitrogens with zero attached hydrogens (tertiary/aromatic N) is 2. The number of benzene rings is 2. The molecule has 0 aliphatic carbocycles. The Hall–Kier alpha value is -2.48. The number of aromatic nitrogens is 2. The first-order chi connectivity index (χ1) is 9.72. The molecule has 0 atom stereocenters. The van der Waals surface area contributed by atoms with Gasteiger partial charge in [-0.2, -0.15) is 0 Å². The Labute approximate surface area is 119 Å². The fraction of sp³-hybridized carbons (Fsp3) is 0.111. The van der Waals surface area contributed by atoms with Crippen LogP contribution < -0.4 is 0 Å². The molecular weight excluding hydrogens is 244 g/mol. The zero-order valence-electron chi connectivity index (χ0n) is 11.7. The highest BCUT2D eigenvalue weighted by Gasteiger charge is 2.02. The number of rotatable bonds is 2. The smallest absolute Gasteiger partial charge is 0.159 e. The average molecular weight is 260 g/mol. The summed E-state index contributed by atoms with van der Waals surface area (Å²) in [4.78, 5) is 8.93. The van der Waals surface area contributed by atoms with E-state index < -0.39 is 0 Å². The predicted molar refractivity (Wildman–Crippen MR) is 82.4 cm³/mol. The first kappa shape index (κ1) is 12.5. The standard InChI is InChI=1S/C18H16N2/c1-13-3-7-15(8-4-13)17-11-19-18(20-12-17)16-9-5-14(2)6-10-16/h3-12H,1-2H3. The highest BCUT2D eigenvalue weighted by Crippen LogP contribution is 2.21. The van der Waals surface area contributed by atoms with Gasteiger partial charge in [-0.3, -0.25) is 0 Å². The van der Waals surface area contributed by atoms with Crippen molar-refractivity contribution in [2.45, 2.75) is 13.8 Å². The van der Waals surface area contributed by atoms with Crippen LogP contribution in [0.15, 0.2) is 60.9 Å². The Morgan fingerprint density at radius 3 is 1.50 bits per heavy atom. The van der Waals surface area contributed by atoms with Crippen LogP contribution in [0.4, 0.5) is 0 Å². The van der Waals surface area contributed by atoms with Crippen LogP contribution in [-0.4, -0.2) is 9.97 Å². The lowest BCUT2D eigenvalue weighted by Crippen LogP contribution is -1.90. The van der Waals surface area contributed by atoms with Gasteiger partial charge in [-0.15, -0.1) is 0 Å². The molecule has 0 fully saturated rings. The van der Waals surface area contributed by atoms with Crippen molar-refractivity contribution in [3.63, 3.8) is 0 Å². The first-order valence-corrected chi connectivity index (χ1v) is 6.68. The summed E-state index contributed by atoms with van der Waals surface area (Å²) < 4.78 is 0. The largest absolute Gasteiger partial charge is 0.236 e. The average Bonchev–Trinajstić information content (AvgIpc) is 2.49. The Bertz CT molecular complexity index is 631. The molecule has 0 unspecified atom stereocenters. The number of hydrogen-bond acceptors (Lipinski definition) is 2. The van der Waals surface area contributed by atoms with E-state index in [-0.39, 0.29) is 0 Å². The summed E-state index contributed by atoms with van der Waals surface area (Å²) in [6.07, 6.45) is 3.76. The zero-order valence-corrected chi connectivity index (χ0v) is 11.7. The van der Waals surface area contributed by atoms with Gasteiger partial charge >= 0.3 is 0 Å². The van der Waals surface area contributed by atoms with E-state index in [1.165, 1.54) is 11.1 Å². The molecule has 0 aliphatic heterocycles. The topological polar surface area (TPSA) is 25.8 Å². The van der Waals surface area contributed by atoms with Crippen LogP contribution in [0.25, 0.3) is 22.5 Å². The van der Waals surface area contributed by atoms with Crippen molar-refractivity contribution in [2.24, 2.45) is 0 Å². The van der Waals surface area contributed by atoms with Gasteiger partial charge < -0.3 is 0 Å². The van der Waals surface area contributed by atoms with Crippen LogP contribution in [-0.2, 0) is 0 Å². The Morgan fingerprint density at radius 2 is 1.00 bits per heavy atom. The Morgan fingerprint density at radius 1 is 0.550 bits per heavy atom. The minimum Gasteiger partial charge on any atom is -0.236 e. The van der Waals surface area contributed by atoms with E-state index in [1.807, 2.05) is 12.4 Å². The molecule has 0 amide bonds. The SMILES string of the molecule is Cc1ccc(-c2cnc(-c3ccc(C)cc3)nc2)cc1. The second-order valence-corrected chi connectivity index (χ2v) is 5.03. The molecule has 0 radical (unpaired) electrons. The third-order valence-corrected chi connectivity index (χ3v) is 3.35. The molecule has 0 spiro atoms. The van der Waals surface area contributed by atoms with Crippen molar-refractivity contribution in [3.05, 3.63) is 72.1 Å². The van der Waals surface area contributed by atoms with Crippen molar-refractivity contribution >= 4 is 0 Å². The predicted octanol–water partition coefficient (Wildman–Crippen LogP) is 4.43. The highest BCUT2D eigenvalue weighted by atomic mass is 14.9. The van der Waals surface area contributed by atoms with Gasteiger partial charge in [0.25, 0.3) is 0 Å². The molecule has 2 heteroatoms. The minimum absolute atomic E-state index is 0.765. The molecule has 1 heterocycles. The van der Waals surface area contributed by atoms with Crippen molar-refractivity contribution in [1.82, 2.24) is 9.97 Å². The fourth-order valence-corrected chi connectivity index (χ4v) is 2.07. The minimum atomic E-state index is 0.765. The highest BCUT2D eigenvalue weighted by molar-refractivity contribution is 5.64. The van der Waals surface area contributed by atoms with E-state index >= 15 is 0 Å². The van der Waals surface area contributed by atoms with E-state index in [9.17, 15) is 0 Å². The van der Waals surface area contributed by atoms with Crippen molar-refractivity contribution in [1.29, 1.82) is 0 Å². The molecule has 3 rings (SSSR count). The third-order valence-electron chi connectivity index (χ3n) is 3.35. The van der Waals surface area contributed by atoms with Gasteiger partial charge in [0.2, 0.25) is 0 Å². The first-order valence-electron chi connectivity index (χ1n) is 6.68. The molecule has 98 valence electrons. The van der Waals surface area contributed by atoms with Gasteiger partial charge in [0.1, 0.15) is 0 Å². The maximum absolute atomic E-state index is 4.47. The van der Waals surface area contributed by atoms with Gasteiger partial charge in [-0.05, 0) is 19.4 Å². The van der Waals surface area contributed by atoms with Crippen LogP contribution >= 0.6 is 0 Å². The van der Waals surface area contributed by atoms with Crippen LogP contribution in [0, 0.1) is 13.8 Å². The summed E-state index contributed by atoms with van der Waals surface area (Å²) in [5, 5.41) is 0. The lowest BCUT2D eigenvalue weighted by atomic mass is 10.1. The molecule has 1 aromatic heterocycles. The normalized spacial score (nSPS) is 10.5. The number of hydrogen-bond donors (Lipinski definition) is 0. The molecule has 0 saturated heterocycles. The van der Waals surface area contributed by atoms with Gasteiger partial charge in [0, 0.05) is 23.5 Å². The van der Waals surface area contributed by atoms with Gasteiger partial charge in [-0.25, -0.2) is 9.97 Å². The van der Waals surface area contributed by atoms with E-state index in [0.29, 0.717) is 0 Å². The maximum Gasteiger partial charge on any atom is 0.159 e. The second kappa shape index (κ2) is 5.25. The lowest BCUT2D eigenvalue weighted by molar-refractivity contribution is 1.18. The fourth-order valence-electron chi connectivity index (χ4n) is 2.07. The van der Waals surface area contributed by atoms with Crippen molar-refractivity contribution < 1.29 is 0 Å². The van der Waals surface area contributed by atoms with Crippen LogP contribution in [0.3, 0.4) is 0 Å². The summed E-state index contributed by atoms with van der Waals surface area (Å²) in [5.41, 5.74) is 5.73. The van der Waals surface area contributed by atoms with Gasteiger partial charge in [-0.1, -0.05) is 59.7 Å². The van der Waals surface area contributed by atoms with Crippen molar-refractivity contribution in [3.8, 4) is 22.5 Å². The molecule has 0 bridgehead atoms. The zero-order chi connectivity index (χ0) is 13.9. The molecule has 0 aliphatic rings. The van der Waals surface area contributed by atoms with E-state index in [2.05, 4.69) is 72.3 Å². The summed E-state index contributed by atoms with van der Waals surface area (Å²) in [6, 6.07) is 16.6. The monoisotopic (exact) mass is 260 g/mol. The summed E-state index contributed by atoms with van der Waals surface area (Å²) >= 11 is 0. The maximum atomic E-state index is 4.47. The lowest BCUT2D eigenvalue weighted by Gasteiger charge is -2.04. The van der Waals surface area contributed by atoms with E-state index in [4.69, 9.17) is 0 Å². The second-order valence-electron chi connectivity index (χ2n) is 5.03. The molecule has 2 nitrogen and oxygen atoms in total. The molecular formula is C18H16N2. The van der Waals surface area contributed by atoms with Crippen LogP contribution in [0.5, 0.6) is 0 Å². The van der Waals surface area contributed by atoms with Gasteiger partial charge in [0.05, 0.1) is 0 Å². The Kier molecular flexibility index (Phi) is 3.30. The van der Waals surface area contributed by atoms with Crippen LogP contribution in [0.1, 0.15) is 11.1 Å². The van der Waals surface area contributed by atoms with E-state index in [1.54, 1.807) is 0 Å². The molecule has 0 N–H and O–H groups in total. The molecule has 3 aromatic rings. The molecule has 0 saturated carbocycles. The quantitative estimate of drug-likeness (QED) is 0.681. The molecule has 20 heavy (non-hydrogen) atoms. The number of aryl methyl sites for hydroxylation is 2.